The molecule has 13 heteroatoms. The van der Waals surface area contributed by atoms with Crippen molar-refractivity contribution in [2.24, 2.45) is 5.92 Å². The van der Waals surface area contributed by atoms with E-state index in [-0.39, 0.29) is 17.9 Å². The molecule has 2 fully saturated rings. The van der Waals surface area contributed by atoms with E-state index in [4.69, 9.17) is 23.7 Å². The van der Waals surface area contributed by atoms with Gasteiger partial charge in [0.2, 0.25) is 6.29 Å². The molecule has 2 aliphatic heterocycles. The molecular formula is C25H32O13. The minimum Gasteiger partial charge on any atom is -0.504 e. The Bertz CT molecular complexity index is 1070. The molecule has 13 nitrogen and oxygen atoms in total. The number of methoxy groups -OCH3 is 1. The first-order chi connectivity index (χ1) is 17.9. The second-order valence-electron chi connectivity index (χ2n) is 9.72. The van der Waals surface area contributed by atoms with Crippen molar-refractivity contribution in [3.8, 4) is 11.5 Å². The van der Waals surface area contributed by atoms with Gasteiger partial charge in [0.25, 0.3) is 0 Å². The van der Waals surface area contributed by atoms with Crippen molar-refractivity contribution in [1.82, 2.24) is 0 Å². The van der Waals surface area contributed by atoms with Crippen LogP contribution < -0.4 is 4.74 Å². The van der Waals surface area contributed by atoms with Gasteiger partial charge in [0.1, 0.15) is 35.6 Å². The van der Waals surface area contributed by atoms with E-state index in [0.29, 0.717) is 5.56 Å². The average Bonchev–Trinajstić information content (AvgIpc) is 3.08. The van der Waals surface area contributed by atoms with Crippen molar-refractivity contribution in [2.45, 2.75) is 67.6 Å². The van der Waals surface area contributed by atoms with Crippen LogP contribution in [-0.4, -0.2) is 110 Å². The van der Waals surface area contributed by atoms with Gasteiger partial charge in [-0.25, -0.2) is 4.79 Å². The predicted molar refractivity (Wildman–Crippen MR) is 126 cm³/mol. The van der Waals surface area contributed by atoms with Crippen LogP contribution in [0.4, 0.5) is 0 Å². The largest absolute Gasteiger partial charge is 0.504 e. The molecule has 4 rings (SSSR count). The second-order valence-corrected chi connectivity index (χ2v) is 9.72. The summed E-state index contributed by atoms with van der Waals surface area (Å²) in [5, 5.41) is 71.7. The summed E-state index contributed by atoms with van der Waals surface area (Å²) in [6, 6.07) is 4.44. The number of benzene rings is 1. The number of hydrogen-bond acceptors (Lipinski definition) is 13. The number of ether oxygens (including phenoxy) is 5. The lowest BCUT2D eigenvalue weighted by Crippen LogP contribution is -2.62. The molecule has 0 aromatic heterocycles. The summed E-state index contributed by atoms with van der Waals surface area (Å²) in [6.07, 6.45) is -6.16. The van der Waals surface area contributed by atoms with Crippen LogP contribution in [0.15, 0.2) is 36.6 Å². The fourth-order valence-electron chi connectivity index (χ4n) is 5.15. The first kappa shape index (κ1) is 28.3. The van der Waals surface area contributed by atoms with Gasteiger partial charge in [-0.2, -0.15) is 0 Å². The Morgan fingerprint density at radius 2 is 1.89 bits per heavy atom. The molecule has 7 N–H and O–H groups in total. The highest BCUT2D eigenvalue weighted by atomic mass is 16.8. The maximum Gasteiger partial charge on any atom is 0.331 e. The van der Waals surface area contributed by atoms with E-state index in [1.54, 1.807) is 6.07 Å². The molecule has 1 aromatic carbocycles. The zero-order chi connectivity index (χ0) is 27.8. The van der Waals surface area contributed by atoms with Crippen LogP contribution >= 0.6 is 0 Å². The summed E-state index contributed by atoms with van der Waals surface area (Å²) in [6.45, 7) is 0.789. The van der Waals surface area contributed by atoms with E-state index >= 15 is 0 Å². The molecule has 38 heavy (non-hydrogen) atoms. The molecule has 10 atom stereocenters. The number of carbonyl (C=O) groups is 1. The van der Waals surface area contributed by atoms with Crippen LogP contribution in [0.3, 0.4) is 0 Å². The summed E-state index contributed by atoms with van der Waals surface area (Å²) in [4.78, 5) is 12.8. The summed E-state index contributed by atoms with van der Waals surface area (Å²) in [5.41, 5.74) is -2.98. The third-order valence-corrected chi connectivity index (χ3v) is 7.17. The van der Waals surface area contributed by atoms with E-state index < -0.39 is 72.8 Å². The molecule has 1 aliphatic carbocycles. The number of aliphatic hydroxyl groups excluding tert-OH is 5. The lowest BCUT2D eigenvalue weighted by molar-refractivity contribution is -0.351. The standard InChI is InChI=1S/C25H32O13/c1-24(38-17(29)6-4-12-3-5-13(27)14(9-12)34-2)10-16(28)25(33)7-8-35-23(21(24)25)37-22-20(32)19(31)18(30)15(11-26)36-22/h3-9,15-16,18-23,26-28,30-33H,10-11H2,1-2H3/b6-4+/t15-,16-,18-,19+,20-,21?,22+,23+,24+,25-/m1/s1. The van der Waals surface area contributed by atoms with Crippen LogP contribution in [0.2, 0.25) is 0 Å². The molecule has 0 spiro atoms. The van der Waals surface area contributed by atoms with Gasteiger partial charge < -0.3 is 59.4 Å². The summed E-state index contributed by atoms with van der Waals surface area (Å²) in [5.74, 6) is -1.92. The van der Waals surface area contributed by atoms with E-state index in [0.717, 1.165) is 12.3 Å². The number of phenolic OH excluding ortho intramolecular Hbond substituents is 1. The number of hydrogen-bond donors (Lipinski definition) is 7. The highest BCUT2D eigenvalue weighted by Crippen LogP contribution is 2.51. The smallest absolute Gasteiger partial charge is 0.331 e. The molecule has 210 valence electrons. The molecule has 3 aliphatic rings. The Balaban J connectivity index is 1.54. The molecule has 0 amide bonds. The van der Waals surface area contributed by atoms with Gasteiger partial charge in [0.15, 0.2) is 17.8 Å². The van der Waals surface area contributed by atoms with E-state index in [9.17, 15) is 40.5 Å². The number of aromatic hydroxyl groups is 1. The highest BCUT2D eigenvalue weighted by Gasteiger charge is 2.66. The Kier molecular flexibility index (Phi) is 8.02. The van der Waals surface area contributed by atoms with Crippen LogP contribution in [-0.2, 0) is 23.7 Å². The van der Waals surface area contributed by atoms with Crippen molar-refractivity contribution < 1.29 is 64.2 Å². The third-order valence-electron chi connectivity index (χ3n) is 7.17. The predicted octanol–water partition coefficient (Wildman–Crippen LogP) is -1.49. The number of esters is 1. The Hall–Kier alpha value is -2.75. The van der Waals surface area contributed by atoms with Crippen LogP contribution in [0.5, 0.6) is 11.5 Å². The number of aliphatic hydroxyl groups is 6. The summed E-state index contributed by atoms with van der Waals surface area (Å²) in [7, 11) is 1.38. The molecule has 1 aromatic rings. The summed E-state index contributed by atoms with van der Waals surface area (Å²) >= 11 is 0. The van der Waals surface area contributed by atoms with E-state index in [2.05, 4.69) is 0 Å². The van der Waals surface area contributed by atoms with Gasteiger partial charge in [-0.05, 0) is 36.8 Å². The van der Waals surface area contributed by atoms with Crippen molar-refractivity contribution in [1.29, 1.82) is 0 Å². The Morgan fingerprint density at radius 1 is 1.16 bits per heavy atom. The highest BCUT2D eigenvalue weighted by molar-refractivity contribution is 5.87. The van der Waals surface area contributed by atoms with E-state index in [1.165, 1.54) is 38.3 Å². The van der Waals surface area contributed by atoms with E-state index in [1.807, 2.05) is 0 Å². The minimum atomic E-state index is -1.96. The molecular weight excluding hydrogens is 508 g/mol. The van der Waals surface area contributed by atoms with Crippen LogP contribution in [0, 0.1) is 5.92 Å². The fraction of sp³-hybridized carbons (Fsp3) is 0.560. The van der Waals surface area contributed by atoms with Gasteiger partial charge in [0.05, 0.1) is 32.0 Å². The SMILES string of the molecule is COc1cc(/C=C/C(=O)O[C@@]2(C)C[C@@H](O)[C@]3(O)C=CO[C@@H](O[C@@H]4O[C@H](CO)[C@@H](O)[C@H](O)[C@H]4O)C23)ccc1O. The average molecular weight is 541 g/mol. The maximum absolute atomic E-state index is 12.8. The third kappa shape index (κ3) is 5.11. The topological polar surface area (TPSA) is 205 Å². The zero-order valence-electron chi connectivity index (χ0n) is 20.7. The quantitative estimate of drug-likeness (QED) is 0.156. The molecule has 0 bridgehead atoms. The molecule has 2 heterocycles. The number of rotatable bonds is 7. The second kappa shape index (κ2) is 10.8. The van der Waals surface area contributed by atoms with Crippen molar-refractivity contribution in [2.75, 3.05) is 13.7 Å². The molecule has 1 unspecified atom stereocenters. The lowest BCUT2D eigenvalue weighted by atomic mass is 9.81. The van der Waals surface area contributed by atoms with Gasteiger partial charge in [-0.3, -0.25) is 0 Å². The number of fused-ring (bicyclic) bond motifs is 1. The van der Waals surface area contributed by atoms with Gasteiger partial charge in [-0.1, -0.05) is 6.07 Å². The number of phenols is 1. The lowest BCUT2D eigenvalue weighted by Gasteiger charge is -2.45. The first-order valence-corrected chi connectivity index (χ1v) is 11.9. The van der Waals surface area contributed by atoms with Crippen LogP contribution in [0.25, 0.3) is 6.08 Å². The van der Waals surface area contributed by atoms with Gasteiger partial charge in [0, 0.05) is 12.5 Å². The maximum atomic E-state index is 12.8. The summed E-state index contributed by atoms with van der Waals surface area (Å²) < 4.78 is 27.3. The monoisotopic (exact) mass is 540 g/mol. The first-order valence-electron chi connectivity index (χ1n) is 11.9. The Labute approximate surface area is 217 Å². The van der Waals surface area contributed by atoms with Crippen molar-refractivity contribution in [3.05, 3.63) is 42.2 Å². The van der Waals surface area contributed by atoms with Gasteiger partial charge in [-0.15, -0.1) is 0 Å². The number of carbonyl (C=O) groups excluding carboxylic acids is 1. The fourth-order valence-corrected chi connectivity index (χ4v) is 5.15. The van der Waals surface area contributed by atoms with Gasteiger partial charge >= 0.3 is 5.97 Å². The van der Waals surface area contributed by atoms with Crippen LogP contribution in [0.1, 0.15) is 18.9 Å². The Morgan fingerprint density at radius 3 is 2.58 bits per heavy atom. The van der Waals surface area contributed by atoms with Crippen molar-refractivity contribution in [3.63, 3.8) is 0 Å². The molecule has 1 saturated heterocycles. The van der Waals surface area contributed by atoms with Crippen molar-refractivity contribution >= 4 is 12.0 Å². The zero-order valence-corrected chi connectivity index (χ0v) is 20.7. The minimum absolute atomic E-state index is 0.0743. The normalized spacial score (nSPS) is 40.5. The molecule has 0 radical (unpaired) electrons. The molecule has 1 saturated carbocycles.